The molecule has 5 heteroatoms. The second-order valence-corrected chi connectivity index (χ2v) is 4.58. The number of hydrogen-bond acceptors (Lipinski definition) is 5. The Morgan fingerprint density at radius 2 is 1.58 bits per heavy atom. The van der Waals surface area contributed by atoms with Crippen LogP contribution in [0.4, 0.5) is 17.3 Å². The topological polar surface area (TPSA) is 58.3 Å². The lowest BCUT2D eigenvalue weighted by Crippen LogP contribution is -2.47. The first-order valence-electron chi connectivity index (χ1n) is 6.46. The zero-order chi connectivity index (χ0) is 13.1. The van der Waals surface area contributed by atoms with E-state index in [1.807, 2.05) is 36.5 Å². The van der Waals surface area contributed by atoms with Gasteiger partial charge in [-0.2, -0.15) is 0 Å². The maximum Gasteiger partial charge on any atom is 0.151 e. The molecule has 5 nitrogen and oxygen atoms in total. The van der Waals surface area contributed by atoms with Crippen molar-refractivity contribution in [3.63, 3.8) is 0 Å². The van der Waals surface area contributed by atoms with Crippen molar-refractivity contribution >= 4 is 17.3 Å². The minimum Gasteiger partial charge on any atom is -0.396 e. The van der Waals surface area contributed by atoms with Gasteiger partial charge in [-0.1, -0.05) is 6.07 Å². The van der Waals surface area contributed by atoms with E-state index in [1.165, 1.54) is 0 Å². The molecular formula is C14H17N5. The second kappa shape index (κ2) is 5.14. The van der Waals surface area contributed by atoms with E-state index in [0.717, 1.165) is 43.5 Å². The Bertz CT molecular complexity index is 535. The summed E-state index contributed by atoms with van der Waals surface area (Å²) in [5, 5.41) is 0. The zero-order valence-electron chi connectivity index (χ0n) is 10.7. The maximum atomic E-state index is 5.97. The fraction of sp³-hybridized carbons (Fsp3) is 0.286. The highest BCUT2D eigenvalue weighted by molar-refractivity contribution is 5.62. The van der Waals surface area contributed by atoms with Crippen LogP contribution >= 0.6 is 0 Å². The van der Waals surface area contributed by atoms with Gasteiger partial charge < -0.3 is 15.5 Å². The minimum absolute atomic E-state index is 0.744. The summed E-state index contributed by atoms with van der Waals surface area (Å²) in [4.78, 5) is 13.3. The summed E-state index contributed by atoms with van der Waals surface area (Å²) in [6, 6.07) is 9.76. The summed E-state index contributed by atoms with van der Waals surface area (Å²) < 4.78 is 0. The summed E-state index contributed by atoms with van der Waals surface area (Å²) in [7, 11) is 0. The van der Waals surface area contributed by atoms with E-state index in [9.17, 15) is 0 Å². The molecule has 0 radical (unpaired) electrons. The lowest BCUT2D eigenvalue weighted by molar-refractivity contribution is 0.642. The smallest absolute Gasteiger partial charge is 0.151 e. The molecule has 98 valence electrons. The van der Waals surface area contributed by atoms with E-state index in [-0.39, 0.29) is 0 Å². The van der Waals surface area contributed by atoms with Crippen molar-refractivity contribution < 1.29 is 0 Å². The van der Waals surface area contributed by atoms with E-state index >= 15 is 0 Å². The quantitative estimate of drug-likeness (QED) is 0.878. The fourth-order valence-electron chi connectivity index (χ4n) is 2.36. The van der Waals surface area contributed by atoms with Crippen molar-refractivity contribution in [3.05, 3.63) is 42.7 Å². The molecule has 0 unspecified atom stereocenters. The molecule has 0 aliphatic carbocycles. The van der Waals surface area contributed by atoms with Crippen molar-refractivity contribution in [1.82, 2.24) is 9.97 Å². The summed E-state index contributed by atoms with van der Waals surface area (Å²) in [5.74, 6) is 1.93. The molecule has 3 heterocycles. The standard InChI is InChI=1S/C14H17N5/c15-12-4-3-7-17-14(12)19-10-8-18(9-11-19)13-5-1-2-6-16-13/h1-7H,8-11,15H2. The van der Waals surface area contributed by atoms with Crippen LogP contribution in [-0.4, -0.2) is 36.1 Å². The van der Waals surface area contributed by atoms with Crippen molar-refractivity contribution in [1.29, 1.82) is 0 Å². The van der Waals surface area contributed by atoms with E-state index in [1.54, 1.807) is 6.20 Å². The first-order chi connectivity index (χ1) is 9.34. The lowest BCUT2D eigenvalue weighted by Gasteiger charge is -2.36. The van der Waals surface area contributed by atoms with Crippen LogP contribution in [0.3, 0.4) is 0 Å². The van der Waals surface area contributed by atoms with Crippen LogP contribution in [0.2, 0.25) is 0 Å². The molecule has 3 rings (SSSR count). The molecule has 0 bridgehead atoms. The van der Waals surface area contributed by atoms with Gasteiger partial charge in [0.05, 0.1) is 5.69 Å². The molecule has 2 N–H and O–H groups in total. The van der Waals surface area contributed by atoms with Crippen molar-refractivity contribution in [2.75, 3.05) is 41.7 Å². The number of hydrogen-bond donors (Lipinski definition) is 1. The average Bonchev–Trinajstić information content (AvgIpc) is 2.49. The maximum absolute atomic E-state index is 5.97. The summed E-state index contributed by atoms with van der Waals surface area (Å²) in [5.41, 5.74) is 6.71. The Hall–Kier alpha value is -2.30. The monoisotopic (exact) mass is 255 g/mol. The fourth-order valence-corrected chi connectivity index (χ4v) is 2.36. The highest BCUT2D eigenvalue weighted by atomic mass is 15.3. The largest absolute Gasteiger partial charge is 0.396 e. The number of anilines is 3. The van der Waals surface area contributed by atoms with Gasteiger partial charge in [0, 0.05) is 38.6 Å². The highest BCUT2D eigenvalue weighted by Gasteiger charge is 2.19. The van der Waals surface area contributed by atoms with Crippen molar-refractivity contribution in [3.8, 4) is 0 Å². The molecule has 0 atom stereocenters. The Balaban J connectivity index is 1.69. The van der Waals surface area contributed by atoms with Crippen LogP contribution in [0.15, 0.2) is 42.7 Å². The summed E-state index contributed by atoms with van der Waals surface area (Å²) >= 11 is 0. The predicted molar refractivity (Wildman–Crippen MR) is 77.3 cm³/mol. The summed E-state index contributed by atoms with van der Waals surface area (Å²) in [6.07, 6.45) is 3.62. The number of rotatable bonds is 2. The molecule has 2 aromatic rings. The predicted octanol–water partition coefficient (Wildman–Crippen LogP) is 1.39. The second-order valence-electron chi connectivity index (χ2n) is 4.58. The zero-order valence-corrected chi connectivity index (χ0v) is 10.7. The van der Waals surface area contributed by atoms with Crippen LogP contribution in [0.5, 0.6) is 0 Å². The van der Waals surface area contributed by atoms with Gasteiger partial charge in [0.25, 0.3) is 0 Å². The van der Waals surface area contributed by atoms with Crippen LogP contribution < -0.4 is 15.5 Å². The van der Waals surface area contributed by atoms with Gasteiger partial charge in [-0.3, -0.25) is 0 Å². The molecule has 0 spiro atoms. The van der Waals surface area contributed by atoms with Crippen LogP contribution in [0.25, 0.3) is 0 Å². The average molecular weight is 255 g/mol. The third-order valence-electron chi connectivity index (χ3n) is 3.37. The third-order valence-corrected chi connectivity index (χ3v) is 3.37. The molecule has 0 saturated carbocycles. The highest BCUT2D eigenvalue weighted by Crippen LogP contribution is 2.21. The number of pyridine rings is 2. The van der Waals surface area contributed by atoms with Gasteiger partial charge in [0.2, 0.25) is 0 Å². The minimum atomic E-state index is 0.744. The van der Waals surface area contributed by atoms with Gasteiger partial charge in [-0.05, 0) is 24.3 Å². The molecule has 1 aliphatic rings. The van der Waals surface area contributed by atoms with Gasteiger partial charge in [0.15, 0.2) is 5.82 Å². The van der Waals surface area contributed by atoms with E-state index < -0.39 is 0 Å². The number of nitrogens with zero attached hydrogens (tertiary/aromatic N) is 4. The third kappa shape index (κ3) is 2.45. The first kappa shape index (κ1) is 11.8. The Labute approximate surface area is 112 Å². The Morgan fingerprint density at radius 3 is 2.26 bits per heavy atom. The van der Waals surface area contributed by atoms with E-state index in [2.05, 4.69) is 19.8 Å². The number of aromatic nitrogens is 2. The Morgan fingerprint density at radius 1 is 0.842 bits per heavy atom. The van der Waals surface area contributed by atoms with Gasteiger partial charge in [-0.25, -0.2) is 9.97 Å². The van der Waals surface area contributed by atoms with E-state index in [4.69, 9.17) is 5.73 Å². The molecule has 2 aromatic heterocycles. The Kier molecular flexibility index (Phi) is 3.18. The van der Waals surface area contributed by atoms with Gasteiger partial charge in [0.1, 0.15) is 5.82 Å². The van der Waals surface area contributed by atoms with Gasteiger partial charge in [-0.15, -0.1) is 0 Å². The molecule has 1 saturated heterocycles. The normalized spacial score (nSPS) is 15.6. The van der Waals surface area contributed by atoms with Crippen LogP contribution in [0, 0.1) is 0 Å². The summed E-state index contributed by atoms with van der Waals surface area (Å²) in [6.45, 7) is 3.70. The number of piperazine rings is 1. The molecule has 19 heavy (non-hydrogen) atoms. The van der Waals surface area contributed by atoms with Gasteiger partial charge >= 0.3 is 0 Å². The van der Waals surface area contributed by atoms with Crippen LogP contribution in [-0.2, 0) is 0 Å². The molecule has 0 amide bonds. The molecular weight excluding hydrogens is 238 g/mol. The van der Waals surface area contributed by atoms with Crippen molar-refractivity contribution in [2.24, 2.45) is 0 Å². The number of nitrogen functional groups attached to an aromatic ring is 1. The molecule has 1 fully saturated rings. The SMILES string of the molecule is Nc1cccnc1N1CCN(c2ccccn2)CC1. The molecule has 1 aliphatic heterocycles. The van der Waals surface area contributed by atoms with E-state index in [0.29, 0.717) is 0 Å². The van der Waals surface area contributed by atoms with Crippen molar-refractivity contribution in [2.45, 2.75) is 0 Å². The number of nitrogens with two attached hydrogens (primary N) is 1. The molecule has 0 aromatic carbocycles. The van der Waals surface area contributed by atoms with Crippen LogP contribution in [0.1, 0.15) is 0 Å². The first-order valence-corrected chi connectivity index (χ1v) is 6.46. The lowest BCUT2D eigenvalue weighted by atomic mass is 10.2.